The van der Waals surface area contributed by atoms with Gasteiger partial charge in [-0.15, -0.1) is 0 Å². The quantitative estimate of drug-likeness (QED) is 0.611. The molecule has 0 unspecified atom stereocenters. The summed E-state index contributed by atoms with van der Waals surface area (Å²) in [5.74, 6) is 0.308. The third-order valence-corrected chi connectivity index (χ3v) is 1.38. The van der Waals surface area contributed by atoms with Gasteiger partial charge in [-0.1, -0.05) is 6.07 Å². The normalized spacial score (nSPS) is 9.42. The highest BCUT2D eigenvalue weighted by Gasteiger charge is 2.02. The molecule has 0 aliphatic carbocycles. The fraction of sp³-hybridized carbons (Fsp3) is 0.125. The Labute approximate surface area is 70.1 Å². The van der Waals surface area contributed by atoms with Crippen molar-refractivity contribution in [1.82, 2.24) is 0 Å². The molecule has 0 atom stereocenters. The van der Waals surface area contributed by atoms with Crippen molar-refractivity contribution in [2.45, 2.75) is 6.92 Å². The number of nitrogens with two attached hydrogens (primary N) is 2. The summed E-state index contributed by atoms with van der Waals surface area (Å²) >= 11 is 0. The SMILES string of the molecule is Cc1ccc(N)c(OC(N)=O)c1. The van der Waals surface area contributed by atoms with Crippen molar-refractivity contribution in [2.75, 3.05) is 5.73 Å². The Hall–Kier alpha value is -1.71. The molecule has 0 radical (unpaired) electrons. The third kappa shape index (κ3) is 1.88. The maximum Gasteiger partial charge on any atom is 0.410 e. The average molecular weight is 166 g/mol. The van der Waals surface area contributed by atoms with E-state index in [4.69, 9.17) is 11.5 Å². The van der Waals surface area contributed by atoms with Crippen molar-refractivity contribution >= 4 is 11.8 Å². The van der Waals surface area contributed by atoms with E-state index in [-0.39, 0.29) is 0 Å². The highest BCUT2D eigenvalue weighted by molar-refractivity contribution is 5.71. The number of hydrogen-bond donors (Lipinski definition) is 2. The molecule has 0 spiro atoms. The summed E-state index contributed by atoms with van der Waals surface area (Å²) in [6.45, 7) is 1.87. The van der Waals surface area contributed by atoms with Crippen molar-refractivity contribution in [1.29, 1.82) is 0 Å². The molecule has 12 heavy (non-hydrogen) atoms. The number of ether oxygens (including phenoxy) is 1. The minimum atomic E-state index is -0.854. The molecule has 0 saturated heterocycles. The Morgan fingerprint density at radius 2 is 2.17 bits per heavy atom. The molecule has 1 amide bonds. The van der Waals surface area contributed by atoms with E-state index in [1.54, 1.807) is 12.1 Å². The molecule has 0 fully saturated rings. The predicted octanol–water partition coefficient (Wildman–Crippen LogP) is 1.03. The van der Waals surface area contributed by atoms with Crippen LogP contribution in [0.4, 0.5) is 10.5 Å². The second-order valence-electron chi connectivity index (χ2n) is 2.46. The molecule has 0 aromatic heterocycles. The largest absolute Gasteiger partial charge is 0.410 e. The van der Waals surface area contributed by atoms with Crippen LogP contribution in [0, 0.1) is 6.92 Å². The van der Waals surface area contributed by atoms with Gasteiger partial charge in [0.15, 0.2) is 5.75 Å². The highest BCUT2D eigenvalue weighted by Crippen LogP contribution is 2.21. The van der Waals surface area contributed by atoms with Crippen LogP contribution in [-0.2, 0) is 0 Å². The van der Waals surface area contributed by atoms with Gasteiger partial charge in [0.1, 0.15) is 0 Å². The smallest absolute Gasteiger partial charge is 0.408 e. The first-order chi connectivity index (χ1) is 5.59. The lowest BCUT2D eigenvalue weighted by atomic mass is 10.2. The molecule has 4 heteroatoms. The summed E-state index contributed by atoms with van der Waals surface area (Å²) < 4.78 is 4.64. The van der Waals surface area contributed by atoms with Crippen molar-refractivity contribution in [3.05, 3.63) is 23.8 Å². The Balaban J connectivity index is 2.97. The molecule has 0 saturated carbocycles. The van der Waals surface area contributed by atoms with Gasteiger partial charge in [-0.25, -0.2) is 4.79 Å². The minimum Gasteiger partial charge on any atom is -0.408 e. The van der Waals surface area contributed by atoms with Crippen LogP contribution in [0.2, 0.25) is 0 Å². The summed E-state index contributed by atoms with van der Waals surface area (Å²) in [6, 6.07) is 5.14. The molecule has 0 aliphatic heterocycles. The number of nitrogen functional groups attached to an aromatic ring is 1. The first-order valence-corrected chi connectivity index (χ1v) is 3.43. The van der Waals surface area contributed by atoms with Crippen LogP contribution in [0.25, 0.3) is 0 Å². The molecule has 0 aliphatic rings. The number of primary amides is 1. The number of anilines is 1. The zero-order chi connectivity index (χ0) is 9.14. The zero-order valence-corrected chi connectivity index (χ0v) is 6.70. The molecule has 4 nitrogen and oxygen atoms in total. The zero-order valence-electron chi connectivity index (χ0n) is 6.70. The fourth-order valence-electron chi connectivity index (χ4n) is 0.838. The number of carbonyl (C=O) groups is 1. The van der Waals surface area contributed by atoms with E-state index < -0.39 is 6.09 Å². The summed E-state index contributed by atoms with van der Waals surface area (Å²) in [6.07, 6.45) is -0.854. The molecule has 4 N–H and O–H groups in total. The summed E-state index contributed by atoms with van der Waals surface area (Å²) in [7, 11) is 0. The maximum absolute atomic E-state index is 10.4. The second-order valence-corrected chi connectivity index (χ2v) is 2.46. The fourth-order valence-corrected chi connectivity index (χ4v) is 0.838. The Kier molecular flexibility index (Phi) is 2.19. The molecule has 1 rings (SSSR count). The van der Waals surface area contributed by atoms with E-state index >= 15 is 0 Å². The van der Waals surface area contributed by atoms with Gasteiger partial charge >= 0.3 is 6.09 Å². The molecule has 0 heterocycles. The molecule has 0 bridgehead atoms. The topological polar surface area (TPSA) is 78.3 Å². The van der Waals surface area contributed by atoms with Gasteiger partial charge in [-0.05, 0) is 24.6 Å². The van der Waals surface area contributed by atoms with Crippen molar-refractivity contribution in [3.8, 4) is 5.75 Å². The Morgan fingerprint density at radius 1 is 1.50 bits per heavy atom. The van der Waals surface area contributed by atoms with Crippen LogP contribution in [0.5, 0.6) is 5.75 Å². The first kappa shape index (κ1) is 8.39. The summed E-state index contributed by atoms with van der Waals surface area (Å²) in [5, 5.41) is 0. The van der Waals surface area contributed by atoms with E-state index in [1.807, 2.05) is 13.0 Å². The van der Waals surface area contributed by atoms with Crippen LogP contribution < -0.4 is 16.2 Å². The molecule has 1 aromatic rings. The van der Waals surface area contributed by atoms with Gasteiger partial charge in [-0.3, -0.25) is 0 Å². The van der Waals surface area contributed by atoms with Crippen molar-refractivity contribution in [2.24, 2.45) is 5.73 Å². The van der Waals surface area contributed by atoms with Gasteiger partial charge < -0.3 is 16.2 Å². The highest BCUT2D eigenvalue weighted by atomic mass is 16.5. The average Bonchev–Trinajstić information content (AvgIpc) is 1.96. The van der Waals surface area contributed by atoms with E-state index in [0.29, 0.717) is 11.4 Å². The van der Waals surface area contributed by atoms with Gasteiger partial charge in [0.05, 0.1) is 5.69 Å². The molecule has 1 aromatic carbocycles. The van der Waals surface area contributed by atoms with Crippen LogP contribution in [0.1, 0.15) is 5.56 Å². The standard InChI is InChI=1S/C8H10N2O2/c1-5-2-3-6(9)7(4-5)12-8(10)11/h2-4H,9H2,1H3,(H2,10,11). The number of aryl methyl sites for hydroxylation is 1. The Bertz CT molecular complexity index is 310. The van der Waals surface area contributed by atoms with E-state index in [2.05, 4.69) is 4.74 Å². The maximum atomic E-state index is 10.4. The second kappa shape index (κ2) is 3.13. The number of amides is 1. The minimum absolute atomic E-state index is 0.308. The molecule has 64 valence electrons. The van der Waals surface area contributed by atoms with Crippen LogP contribution in [-0.4, -0.2) is 6.09 Å². The predicted molar refractivity (Wildman–Crippen MR) is 45.8 cm³/mol. The van der Waals surface area contributed by atoms with Crippen molar-refractivity contribution < 1.29 is 9.53 Å². The third-order valence-electron chi connectivity index (χ3n) is 1.38. The van der Waals surface area contributed by atoms with E-state index in [1.165, 1.54) is 0 Å². The number of carbonyl (C=O) groups excluding carboxylic acids is 1. The lowest BCUT2D eigenvalue weighted by molar-refractivity contribution is 0.211. The van der Waals surface area contributed by atoms with E-state index in [0.717, 1.165) is 5.56 Å². The van der Waals surface area contributed by atoms with Gasteiger partial charge in [0.25, 0.3) is 0 Å². The van der Waals surface area contributed by atoms with Crippen LogP contribution in [0.3, 0.4) is 0 Å². The lowest BCUT2D eigenvalue weighted by Gasteiger charge is -2.04. The van der Waals surface area contributed by atoms with E-state index in [9.17, 15) is 4.79 Å². The number of rotatable bonds is 1. The number of benzene rings is 1. The van der Waals surface area contributed by atoms with Gasteiger partial charge in [0, 0.05) is 0 Å². The van der Waals surface area contributed by atoms with Crippen LogP contribution in [0.15, 0.2) is 18.2 Å². The van der Waals surface area contributed by atoms with Gasteiger partial charge in [0.2, 0.25) is 0 Å². The van der Waals surface area contributed by atoms with Gasteiger partial charge in [-0.2, -0.15) is 0 Å². The first-order valence-electron chi connectivity index (χ1n) is 3.43. The lowest BCUT2D eigenvalue weighted by Crippen LogP contribution is -2.17. The number of hydrogen-bond acceptors (Lipinski definition) is 3. The van der Waals surface area contributed by atoms with Crippen molar-refractivity contribution in [3.63, 3.8) is 0 Å². The molecular formula is C8H10N2O2. The van der Waals surface area contributed by atoms with Crippen LogP contribution >= 0.6 is 0 Å². The monoisotopic (exact) mass is 166 g/mol. The summed E-state index contributed by atoms with van der Waals surface area (Å²) in [4.78, 5) is 10.4. The summed E-state index contributed by atoms with van der Waals surface area (Å²) in [5.41, 5.74) is 11.7. The molecular weight excluding hydrogens is 156 g/mol. The Morgan fingerprint density at radius 3 is 2.75 bits per heavy atom.